The summed E-state index contributed by atoms with van der Waals surface area (Å²) in [5.41, 5.74) is -4.64. The molecule has 3 N–H and O–H groups in total. The van der Waals surface area contributed by atoms with Gasteiger partial charge in [-0.15, -0.1) is 0 Å². The van der Waals surface area contributed by atoms with Crippen molar-refractivity contribution in [3.63, 3.8) is 0 Å². The first-order valence-corrected chi connectivity index (χ1v) is 17.1. The normalized spacial score (nSPS) is 47.9. The Labute approximate surface area is 274 Å². The van der Waals surface area contributed by atoms with Crippen LogP contribution in [0.15, 0.2) is 24.3 Å². The number of aliphatic hydroxyl groups is 3. The molecule has 47 heavy (non-hydrogen) atoms. The van der Waals surface area contributed by atoms with Crippen LogP contribution in [0, 0.1) is 34.5 Å². The minimum atomic E-state index is -1.77. The second-order valence-corrected chi connectivity index (χ2v) is 15.2. The van der Waals surface area contributed by atoms with Gasteiger partial charge < -0.3 is 34.3 Å². The molecular weight excluding hydrogens is 608 g/mol. The Balaban J connectivity index is 1.23. The number of carbonyl (C=O) groups is 3. The number of fused-ring (bicyclic) bond motifs is 2. The number of hydrogen-bond acceptors (Lipinski definition) is 11. The van der Waals surface area contributed by atoms with Crippen molar-refractivity contribution in [2.24, 2.45) is 34.5 Å². The first-order chi connectivity index (χ1) is 22.5. The van der Waals surface area contributed by atoms with Crippen LogP contribution in [0.25, 0.3) is 0 Å². The molecule has 7 bridgehead atoms. The lowest BCUT2D eigenvalue weighted by Crippen LogP contribution is -2.82. The van der Waals surface area contributed by atoms with Crippen molar-refractivity contribution in [2.75, 3.05) is 45.9 Å². The van der Waals surface area contributed by atoms with E-state index in [-0.39, 0.29) is 73.0 Å². The van der Waals surface area contributed by atoms with Crippen LogP contribution in [0.4, 0.5) is 5.69 Å². The van der Waals surface area contributed by atoms with Gasteiger partial charge in [-0.25, -0.2) is 9.69 Å². The molecule has 8 rings (SSSR count). The third-order valence-corrected chi connectivity index (χ3v) is 14.0. The minimum absolute atomic E-state index is 0.0109. The number of rotatable bonds is 8. The van der Waals surface area contributed by atoms with Gasteiger partial charge in [-0.05, 0) is 43.9 Å². The van der Waals surface area contributed by atoms with Gasteiger partial charge >= 0.3 is 5.97 Å². The van der Waals surface area contributed by atoms with Crippen molar-refractivity contribution in [2.45, 2.75) is 87.1 Å². The third-order valence-electron chi connectivity index (χ3n) is 14.0. The summed E-state index contributed by atoms with van der Waals surface area (Å²) < 4.78 is 24.6. The van der Waals surface area contributed by atoms with Gasteiger partial charge in [-0.1, -0.05) is 19.1 Å². The smallest absolute Gasteiger partial charge is 0.340 e. The van der Waals surface area contributed by atoms with E-state index in [1.807, 2.05) is 6.92 Å². The van der Waals surface area contributed by atoms with E-state index in [0.717, 1.165) is 4.90 Å². The highest BCUT2D eigenvalue weighted by Gasteiger charge is 2.91. The quantitative estimate of drug-likeness (QED) is 0.273. The van der Waals surface area contributed by atoms with Crippen molar-refractivity contribution in [1.82, 2.24) is 4.90 Å². The van der Waals surface area contributed by atoms with Crippen LogP contribution in [0.3, 0.4) is 0 Å². The number of imide groups is 1. The van der Waals surface area contributed by atoms with Crippen molar-refractivity contribution in [3.8, 4) is 0 Å². The minimum Gasteiger partial charge on any atom is -0.461 e. The predicted molar refractivity (Wildman–Crippen MR) is 165 cm³/mol. The number of esters is 1. The van der Waals surface area contributed by atoms with Crippen LogP contribution in [0.1, 0.15) is 55.8 Å². The molecule has 1 aromatic rings. The number of para-hydroxylation sites is 1. The predicted octanol–water partition coefficient (Wildman–Crippen LogP) is 1.14. The lowest BCUT2D eigenvalue weighted by Gasteiger charge is -2.69. The standard InChI is InChI=1S/C35H46N2O10/c1-5-36-16-32(17-47-30(41)18-8-6-7-9-21(18)37-24(39)10-11-25(37)40)13-12-23(38)34-20-14-19-22(44-2)15-33(42,26(20)27(19)45-3)35(43,31(34)36)29(46-4)28(32)34/h6-9,19-20,22-23,26-29,31,38,42-43H,5,10-17H2,1-4H3/t19-,20-,22+,23+,26-,27+,28-,29+,31+,32+,33-,34+,35+/m1/s1. The molecule has 1 spiro atoms. The van der Waals surface area contributed by atoms with E-state index >= 15 is 0 Å². The molecule has 5 aliphatic carbocycles. The number of ether oxygens (including phenoxy) is 4. The van der Waals surface area contributed by atoms with E-state index in [0.29, 0.717) is 32.4 Å². The monoisotopic (exact) mass is 654 g/mol. The highest BCUT2D eigenvalue weighted by Crippen LogP contribution is 2.80. The van der Waals surface area contributed by atoms with Gasteiger partial charge in [0.25, 0.3) is 0 Å². The SMILES string of the molecule is CCN1C[C@]2(COC(=O)c3ccccc3N3C(=O)CCC3=O)CC[C@H](O)[C@@]34[C@@H]5C[C@H]6[C@H](OC)[C@@H]5[C@](O)(C[C@@H]6OC)[C@](O)([C@@H](OC)[C@H]23)[C@@H]14. The molecule has 7 aliphatic rings. The number of carbonyl (C=O) groups excluding carboxylic acids is 3. The Morgan fingerprint density at radius 2 is 1.77 bits per heavy atom. The molecule has 7 fully saturated rings. The molecule has 256 valence electrons. The molecular formula is C35H46N2O10. The van der Waals surface area contributed by atoms with Crippen LogP contribution in [-0.4, -0.2) is 121 Å². The van der Waals surface area contributed by atoms with Crippen LogP contribution in [0.2, 0.25) is 0 Å². The Kier molecular flexibility index (Phi) is 7.12. The fourth-order valence-electron chi connectivity index (χ4n) is 12.7. The maximum absolute atomic E-state index is 13.9. The van der Waals surface area contributed by atoms with Crippen molar-refractivity contribution in [1.29, 1.82) is 0 Å². The van der Waals surface area contributed by atoms with Gasteiger partial charge in [-0.2, -0.15) is 0 Å². The number of hydrogen-bond donors (Lipinski definition) is 3. The van der Waals surface area contributed by atoms with Gasteiger partial charge in [0.1, 0.15) is 11.2 Å². The van der Waals surface area contributed by atoms with Crippen molar-refractivity contribution in [3.05, 3.63) is 29.8 Å². The molecule has 2 heterocycles. The summed E-state index contributed by atoms with van der Waals surface area (Å²) in [6.45, 7) is 3.02. The number of likely N-dealkylation sites (tertiary alicyclic amines) is 1. The number of methoxy groups -OCH3 is 3. The summed E-state index contributed by atoms with van der Waals surface area (Å²) >= 11 is 0. The van der Waals surface area contributed by atoms with Gasteiger partial charge in [0.05, 0.1) is 48.3 Å². The molecule has 13 atom stereocenters. The summed E-state index contributed by atoms with van der Waals surface area (Å²) in [5.74, 6) is -2.46. The fourth-order valence-corrected chi connectivity index (χ4v) is 12.7. The van der Waals surface area contributed by atoms with Gasteiger partial charge in [0.2, 0.25) is 11.8 Å². The fraction of sp³-hybridized carbons (Fsp3) is 0.743. The molecule has 0 unspecified atom stereocenters. The number of anilines is 1. The van der Waals surface area contributed by atoms with Crippen LogP contribution >= 0.6 is 0 Å². The largest absolute Gasteiger partial charge is 0.461 e. The Bertz CT molecular complexity index is 1490. The van der Waals surface area contributed by atoms with E-state index < -0.39 is 58.1 Å². The maximum atomic E-state index is 13.9. The number of benzene rings is 1. The summed E-state index contributed by atoms with van der Waals surface area (Å²) in [4.78, 5) is 42.4. The van der Waals surface area contributed by atoms with Crippen LogP contribution in [0.5, 0.6) is 0 Å². The summed E-state index contributed by atoms with van der Waals surface area (Å²) in [6.07, 6.45) is -0.314. The zero-order valence-corrected chi connectivity index (χ0v) is 27.5. The van der Waals surface area contributed by atoms with Gasteiger partial charge in [0.15, 0.2) is 0 Å². The Morgan fingerprint density at radius 3 is 2.43 bits per heavy atom. The Morgan fingerprint density at radius 1 is 1.04 bits per heavy atom. The second-order valence-electron chi connectivity index (χ2n) is 15.2. The second kappa shape index (κ2) is 10.5. The van der Waals surface area contributed by atoms with Crippen molar-refractivity contribution < 1.29 is 48.7 Å². The van der Waals surface area contributed by atoms with E-state index in [1.165, 1.54) is 0 Å². The average molecular weight is 655 g/mol. The van der Waals surface area contributed by atoms with E-state index in [9.17, 15) is 29.7 Å². The summed E-state index contributed by atoms with van der Waals surface area (Å²) in [6, 6.07) is 5.89. The zero-order chi connectivity index (χ0) is 33.3. The number of piperidine rings is 1. The zero-order valence-electron chi connectivity index (χ0n) is 27.5. The third kappa shape index (κ3) is 3.60. The molecule has 0 radical (unpaired) electrons. The number of nitrogens with zero attached hydrogens (tertiary/aromatic N) is 2. The average Bonchev–Trinajstić information content (AvgIpc) is 3.65. The molecule has 2 amide bonds. The van der Waals surface area contributed by atoms with Crippen LogP contribution in [-0.2, 0) is 28.5 Å². The molecule has 0 aromatic heterocycles. The molecule has 12 heteroatoms. The highest BCUT2D eigenvalue weighted by molar-refractivity contribution is 6.21. The summed E-state index contributed by atoms with van der Waals surface area (Å²) in [7, 11) is 4.84. The molecule has 1 aromatic carbocycles. The summed E-state index contributed by atoms with van der Waals surface area (Å²) in [5, 5.41) is 38.6. The molecule has 2 saturated heterocycles. The van der Waals surface area contributed by atoms with E-state index in [2.05, 4.69) is 4.90 Å². The highest BCUT2D eigenvalue weighted by atomic mass is 16.5. The van der Waals surface area contributed by atoms with Crippen molar-refractivity contribution >= 4 is 23.5 Å². The number of aliphatic hydroxyl groups excluding tert-OH is 1. The molecule has 5 saturated carbocycles. The number of amides is 2. The van der Waals surface area contributed by atoms with E-state index in [1.54, 1.807) is 45.6 Å². The molecule has 2 aliphatic heterocycles. The van der Waals surface area contributed by atoms with Gasteiger partial charge in [-0.3, -0.25) is 14.5 Å². The topological polar surface area (TPSA) is 155 Å². The Hall–Kier alpha value is -2.45. The lowest BCUT2D eigenvalue weighted by molar-refractivity contribution is -0.318. The van der Waals surface area contributed by atoms with E-state index in [4.69, 9.17) is 18.9 Å². The first-order valence-electron chi connectivity index (χ1n) is 17.1. The van der Waals surface area contributed by atoms with Gasteiger partial charge in [0, 0.05) is 75.7 Å². The van der Waals surface area contributed by atoms with Crippen LogP contribution < -0.4 is 4.90 Å². The maximum Gasteiger partial charge on any atom is 0.340 e. The number of likely N-dealkylation sites (N-methyl/N-ethyl adjacent to an activating group) is 1. The first kappa shape index (κ1) is 31.8. The lowest BCUT2D eigenvalue weighted by atomic mass is 9.42. The molecule has 12 nitrogen and oxygen atoms in total.